The van der Waals surface area contributed by atoms with Crippen LogP contribution in [0.2, 0.25) is 0 Å². The molecule has 0 saturated carbocycles. The molecule has 0 radical (unpaired) electrons. The molecule has 1 aliphatic rings. The molecular formula is C14H21N3O3. The SMILES string of the molecule is Cc1noc(C)c1[C@@H](C)CNC(=O)[C@@H]1CC(=O)N(C)C1. The van der Waals surface area contributed by atoms with Gasteiger partial charge in [-0.05, 0) is 13.8 Å². The largest absolute Gasteiger partial charge is 0.361 e. The zero-order valence-electron chi connectivity index (χ0n) is 12.4. The summed E-state index contributed by atoms with van der Waals surface area (Å²) in [5.41, 5.74) is 1.91. The van der Waals surface area contributed by atoms with Crippen molar-refractivity contribution in [1.82, 2.24) is 15.4 Å². The van der Waals surface area contributed by atoms with Crippen molar-refractivity contribution < 1.29 is 14.1 Å². The summed E-state index contributed by atoms with van der Waals surface area (Å²) < 4.78 is 5.14. The Labute approximate surface area is 118 Å². The highest BCUT2D eigenvalue weighted by Crippen LogP contribution is 2.23. The highest BCUT2D eigenvalue weighted by atomic mass is 16.5. The first kappa shape index (κ1) is 14.6. The van der Waals surface area contributed by atoms with E-state index >= 15 is 0 Å². The van der Waals surface area contributed by atoms with Crippen LogP contribution in [-0.4, -0.2) is 42.0 Å². The highest BCUT2D eigenvalue weighted by Gasteiger charge is 2.32. The number of likely N-dealkylation sites (tertiary alicyclic amines) is 1. The van der Waals surface area contributed by atoms with Gasteiger partial charge < -0.3 is 14.7 Å². The molecule has 6 nitrogen and oxygen atoms in total. The first-order valence-corrected chi connectivity index (χ1v) is 6.84. The fraction of sp³-hybridized carbons (Fsp3) is 0.643. The number of nitrogens with one attached hydrogen (secondary N) is 1. The summed E-state index contributed by atoms with van der Waals surface area (Å²) >= 11 is 0. The van der Waals surface area contributed by atoms with Crippen LogP contribution in [0.25, 0.3) is 0 Å². The van der Waals surface area contributed by atoms with Gasteiger partial charge in [0.05, 0.1) is 11.6 Å². The number of aryl methyl sites for hydroxylation is 2. The Morgan fingerprint density at radius 3 is 2.75 bits per heavy atom. The van der Waals surface area contributed by atoms with Gasteiger partial charge in [-0.15, -0.1) is 0 Å². The van der Waals surface area contributed by atoms with Crippen molar-refractivity contribution in [3.8, 4) is 0 Å². The number of amides is 2. The van der Waals surface area contributed by atoms with Gasteiger partial charge in [-0.2, -0.15) is 0 Å². The van der Waals surface area contributed by atoms with Crippen LogP contribution in [0.15, 0.2) is 4.52 Å². The Bertz CT molecular complexity index is 504. The Kier molecular flexibility index (Phi) is 4.11. The zero-order chi connectivity index (χ0) is 14.9. The molecule has 0 unspecified atom stereocenters. The average molecular weight is 279 g/mol. The summed E-state index contributed by atoms with van der Waals surface area (Å²) in [6, 6.07) is 0. The number of aromatic nitrogens is 1. The van der Waals surface area contributed by atoms with E-state index in [1.165, 1.54) is 0 Å². The van der Waals surface area contributed by atoms with Crippen molar-refractivity contribution in [3.63, 3.8) is 0 Å². The van der Waals surface area contributed by atoms with Crippen LogP contribution >= 0.6 is 0 Å². The van der Waals surface area contributed by atoms with Crippen molar-refractivity contribution in [2.24, 2.45) is 5.92 Å². The van der Waals surface area contributed by atoms with Gasteiger partial charge in [-0.25, -0.2) is 0 Å². The second kappa shape index (κ2) is 5.64. The minimum absolute atomic E-state index is 0.0314. The molecule has 2 amide bonds. The Hall–Kier alpha value is -1.85. The Morgan fingerprint density at radius 1 is 1.55 bits per heavy atom. The third kappa shape index (κ3) is 2.84. The molecule has 1 aromatic heterocycles. The lowest BCUT2D eigenvalue weighted by Crippen LogP contribution is -2.34. The molecule has 0 bridgehead atoms. The van der Waals surface area contributed by atoms with Crippen LogP contribution < -0.4 is 5.32 Å². The number of hydrogen-bond acceptors (Lipinski definition) is 4. The van der Waals surface area contributed by atoms with Gasteiger partial charge in [0.25, 0.3) is 0 Å². The van der Waals surface area contributed by atoms with E-state index in [-0.39, 0.29) is 23.7 Å². The molecule has 0 aromatic carbocycles. The summed E-state index contributed by atoms with van der Waals surface area (Å²) in [6.07, 6.45) is 0.308. The van der Waals surface area contributed by atoms with E-state index < -0.39 is 0 Å². The molecule has 0 spiro atoms. The number of hydrogen-bond donors (Lipinski definition) is 1. The van der Waals surface area contributed by atoms with Gasteiger partial charge in [0.1, 0.15) is 5.76 Å². The minimum Gasteiger partial charge on any atom is -0.361 e. The predicted molar refractivity (Wildman–Crippen MR) is 73.1 cm³/mol. The Balaban J connectivity index is 1.89. The number of rotatable bonds is 4. The first-order valence-electron chi connectivity index (χ1n) is 6.84. The van der Waals surface area contributed by atoms with Gasteiger partial charge in [0.2, 0.25) is 11.8 Å². The summed E-state index contributed by atoms with van der Waals surface area (Å²) in [5, 5.41) is 6.84. The van der Waals surface area contributed by atoms with Crippen LogP contribution in [0.3, 0.4) is 0 Å². The smallest absolute Gasteiger partial charge is 0.225 e. The second-order valence-electron chi connectivity index (χ2n) is 5.56. The van der Waals surface area contributed by atoms with Gasteiger partial charge >= 0.3 is 0 Å². The fourth-order valence-corrected chi connectivity index (χ4v) is 2.73. The highest BCUT2D eigenvalue weighted by molar-refractivity contribution is 5.89. The fourth-order valence-electron chi connectivity index (χ4n) is 2.73. The van der Waals surface area contributed by atoms with Gasteiger partial charge in [0, 0.05) is 38.0 Å². The summed E-state index contributed by atoms with van der Waals surface area (Å²) in [7, 11) is 1.72. The van der Waals surface area contributed by atoms with E-state index in [1.54, 1.807) is 11.9 Å². The third-order valence-electron chi connectivity index (χ3n) is 3.88. The molecule has 0 aliphatic carbocycles. The van der Waals surface area contributed by atoms with Crippen molar-refractivity contribution in [1.29, 1.82) is 0 Å². The van der Waals surface area contributed by atoms with Crippen molar-refractivity contribution in [2.75, 3.05) is 20.1 Å². The number of nitrogens with zero attached hydrogens (tertiary/aromatic N) is 2. The van der Waals surface area contributed by atoms with Gasteiger partial charge in [0.15, 0.2) is 0 Å². The van der Waals surface area contributed by atoms with E-state index in [9.17, 15) is 9.59 Å². The van der Waals surface area contributed by atoms with Crippen molar-refractivity contribution >= 4 is 11.8 Å². The molecule has 20 heavy (non-hydrogen) atoms. The second-order valence-corrected chi connectivity index (χ2v) is 5.56. The normalized spacial score (nSPS) is 20.3. The lowest BCUT2D eigenvalue weighted by atomic mass is 9.99. The topological polar surface area (TPSA) is 75.4 Å². The summed E-state index contributed by atoms with van der Waals surface area (Å²) in [4.78, 5) is 25.1. The monoisotopic (exact) mass is 279 g/mol. The van der Waals surface area contributed by atoms with Crippen LogP contribution in [0.5, 0.6) is 0 Å². The van der Waals surface area contributed by atoms with E-state index in [0.29, 0.717) is 19.5 Å². The molecule has 2 heterocycles. The molecule has 6 heteroatoms. The molecule has 110 valence electrons. The molecule has 2 rings (SSSR count). The Morgan fingerprint density at radius 2 is 2.25 bits per heavy atom. The number of carbonyl (C=O) groups excluding carboxylic acids is 2. The molecule has 1 N–H and O–H groups in total. The van der Waals surface area contributed by atoms with Crippen LogP contribution in [0.4, 0.5) is 0 Å². The molecule has 1 aromatic rings. The van der Waals surface area contributed by atoms with Gasteiger partial charge in [-0.1, -0.05) is 12.1 Å². The predicted octanol–water partition coefficient (Wildman–Crippen LogP) is 0.989. The van der Waals surface area contributed by atoms with E-state index in [1.807, 2.05) is 20.8 Å². The maximum absolute atomic E-state index is 12.1. The van der Waals surface area contributed by atoms with Crippen molar-refractivity contribution in [2.45, 2.75) is 33.1 Å². The number of carbonyl (C=O) groups is 2. The molecular weight excluding hydrogens is 258 g/mol. The third-order valence-corrected chi connectivity index (χ3v) is 3.88. The maximum Gasteiger partial charge on any atom is 0.225 e. The van der Waals surface area contributed by atoms with E-state index in [2.05, 4.69) is 10.5 Å². The van der Waals surface area contributed by atoms with E-state index in [0.717, 1.165) is 17.0 Å². The molecule has 1 saturated heterocycles. The van der Waals surface area contributed by atoms with E-state index in [4.69, 9.17) is 4.52 Å². The lowest BCUT2D eigenvalue weighted by Gasteiger charge is -2.15. The van der Waals surface area contributed by atoms with Crippen LogP contribution in [-0.2, 0) is 9.59 Å². The first-order chi connectivity index (χ1) is 9.40. The average Bonchev–Trinajstić information content (AvgIpc) is 2.90. The van der Waals surface area contributed by atoms with Gasteiger partial charge in [-0.3, -0.25) is 9.59 Å². The molecule has 2 atom stereocenters. The summed E-state index contributed by atoms with van der Waals surface area (Å²) in [5.74, 6) is 0.676. The summed E-state index contributed by atoms with van der Waals surface area (Å²) in [6.45, 7) is 6.83. The standard InChI is InChI=1S/C14H21N3O3/c1-8(13-9(2)16-20-10(13)3)6-15-14(19)11-5-12(18)17(4)7-11/h8,11H,5-7H2,1-4H3,(H,15,19)/t8-,11+/m0/s1. The molecule has 1 aliphatic heterocycles. The maximum atomic E-state index is 12.1. The zero-order valence-corrected chi connectivity index (χ0v) is 12.4. The molecule has 1 fully saturated rings. The van der Waals surface area contributed by atoms with Crippen molar-refractivity contribution in [3.05, 3.63) is 17.0 Å². The lowest BCUT2D eigenvalue weighted by molar-refractivity contribution is -0.128. The van der Waals surface area contributed by atoms with Crippen LogP contribution in [0.1, 0.15) is 36.3 Å². The minimum atomic E-state index is -0.232. The van der Waals surface area contributed by atoms with Crippen LogP contribution in [0, 0.1) is 19.8 Å². The quantitative estimate of drug-likeness (QED) is 0.891.